The van der Waals surface area contributed by atoms with Crippen molar-refractivity contribution in [2.75, 3.05) is 0 Å². The lowest BCUT2D eigenvalue weighted by Crippen LogP contribution is -2.55. The maximum atomic E-state index is 2.57. The predicted octanol–water partition coefficient (Wildman–Crippen LogP) is 10.8. The number of rotatable bonds is 8. The molecule has 0 saturated carbocycles. The van der Waals surface area contributed by atoms with Gasteiger partial charge in [-0.15, -0.1) is 0 Å². The maximum absolute atomic E-state index is 2.57. The molecule has 2 aromatic rings. The average Bonchev–Trinajstić information content (AvgIpc) is 3.35. The van der Waals surface area contributed by atoms with Crippen LogP contribution in [0.3, 0.4) is 0 Å². The summed E-state index contributed by atoms with van der Waals surface area (Å²) >= 11 is 0. The maximum Gasteiger partial charge on any atom is 0.00496 e. The van der Waals surface area contributed by atoms with Gasteiger partial charge in [-0.3, -0.25) is 0 Å². The number of aryl methyl sites for hydroxylation is 2. The van der Waals surface area contributed by atoms with E-state index in [1.165, 1.54) is 27.8 Å². The molecular weight excluding hydrogens is 432 g/mol. The molecule has 1 atom stereocenters. The molecule has 0 spiro atoms. The van der Waals surface area contributed by atoms with Gasteiger partial charge in [0.2, 0.25) is 0 Å². The lowest BCUT2D eigenvalue weighted by Gasteiger charge is -2.61. The number of benzene rings is 2. The molecule has 194 valence electrons. The Kier molecular flexibility index (Phi) is 8.00. The molecule has 1 aliphatic rings. The molecule has 2 aromatic carbocycles. The summed E-state index contributed by atoms with van der Waals surface area (Å²) in [6, 6.07) is 18.4. The van der Waals surface area contributed by atoms with Crippen molar-refractivity contribution in [3.05, 3.63) is 101 Å². The molecular formula is C36H50. The first-order valence-corrected chi connectivity index (χ1v) is 13.9. The first-order chi connectivity index (χ1) is 16.7. The quantitative estimate of drug-likeness (QED) is 0.351. The van der Waals surface area contributed by atoms with Crippen LogP contribution in [0.2, 0.25) is 0 Å². The SMILES string of the molecule is CCCC(=C(c1ccc(C)cc1)c1ccc(C)cc1)C(C)(C1C=CC=C1)C(C)(C)C(C)(C)C(C)(C)C. The molecule has 0 N–H and O–H groups in total. The summed E-state index contributed by atoms with van der Waals surface area (Å²) in [5.74, 6) is 0.349. The monoisotopic (exact) mass is 482 g/mol. The molecule has 0 aliphatic heterocycles. The van der Waals surface area contributed by atoms with Crippen molar-refractivity contribution in [2.45, 2.75) is 89.0 Å². The van der Waals surface area contributed by atoms with Crippen LogP contribution in [-0.2, 0) is 0 Å². The van der Waals surface area contributed by atoms with E-state index >= 15 is 0 Å². The van der Waals surface area contributed by atoms with E-state index in [0.717, 1.165) is 12.8 Å². The van der Waals surface area contributed by atoms with Crippen LogP contribution in [0.4, 0.5) is 0 Å². The Morgan fingerprint density at radius 2 is 1.06 bits per heavy atom. The Morgan fingerprint density at radius 1 is 0.639 bits per heavy atom. The van der Waals surface area contributed by atoms with E-state index in [1.54, 1.807) is 5.57 Å². The third-order valence-electron chi connectivity index (χ3n) is 10.3. The highest BCUT2D eigenvalue weighted by molar-refractivity contribution is 5.83. The van der Waals surface area contributed by atoms with Gasteiger partial charge in [0.05, 0.1) is 0 Å². The van der Waals surface area contributed by atoms with E-state index in [2.05, 4.69) is 149 Å². The Morgan fingerprint density at radius 3 is 1.42 bits per heavy atom. The largest absolute Gasteiger partial charge is 0.0767 e. The first kappa shape index (κ1) is 28.2. The van der Waals surface area contributed by atoms with Gasteiger partial charge in [-0.1, -0.05) is 158 Å². The molecule has 0 fully saturated rings. The minimum atomic E-state index is -0.0889. The van der Waals surface area contributed by atoms with E-state index in [9.17, 15) is 0 Å². The van der Waals surface area contributed by atoms with Crippen LogP contribution in [0, 0.1) is 41.4 Å². The van der Waals surface area contributed by atoms with Gasteiger partial charge in [-0.25, -0.2) is 0 Å². The number of allylic oxidation sites excluding steroid dienone is 5. The molecule has 1 aliphatic carbocycles. The molecule has 0 nitrogen and oxygen atoms in total. The Labute approximate surface area is 222 Å². The third kappa shape index (κ3) is 4.81. The summed E-state index contributed by atoms with van der Waals surface area (Å²) in [4.78, 5) is 0. The van der Waals surface area contributed by atoms with Crippen molar-refractivity contribution in [3.63, 3.8) is 0 Å². The highest BCUT2D eigenvalue weighted by atomic mass is 14.6. The van der Waals surface area contributed by atoms with Gasteiger partial charge in [-0.05, 0) is 53.2 Å². The number of hydrogen-bond donors (Lipinski definition) is 0. The van der Waals surface area contributed by atoms with Crippen LogP contribution < -0.4 is 0 Å². The average molecular weight is 483 g/mol. The molecule has 36 heavy (non-hydrogen) atoms. The van der Waals surface area contributed by atoms with Crippen molar-refractivity contribution in [2.24, 2.45) is 27.6 Å². The van der Waals surface area contributed by atoms with Gasteiger partial charge in [0, 0.05) is 11.3 Å². The van der Waals surface area contributed by atoms with Crippen LogP contribution >= 0.6 is 0 Å². The van der Waals surface area contributed by atoms with E-state index in [0.29, 0.717) is 5.92 Å². The zero-order chi connectivity index (χ0) is 26.9. The topological polar surface area (TPSA) is 0 Å². The van der Waals surface area contributed by atoms with Crippen molar-refractivity contribution < 1.29 is 0 Å². The van der Waals surface area contributed by atoms with Crippen molar-refractivity contribution >= 4 is 5.57 Å². The Balaban J connectivity index is 2.49. The Hall–Kier alpha value is -2.34. The lowest BCUT2D eigenvalue weighted by atomic mass is 9.42. The van der Waals surface area contributed by atoms with Crippen molar-refractivity contribution in [1.82, 2.24) is 0 Å². The van der Waals surface area contributed by atoms with Gasteiger partial charge in [0.15, 0.2) is 0 Å². The molecule has 3 rings (SSSR count). The third-order valence-corrected chi connectivity index (χ3v) is 10.3. The molecule has 0 aromatic heterocycles. The normalized spacial score (nSPS) is 16.3. The second kappa shape index (κ2) is 10.2. The van der Waals surface area contributed by atoms with Crippen molar-refractivity contribution in [3.8, 4) is 0 Å². The van der Waals surface area contributed by atoms with Crippen LogP contribution in [0.1, 0.15) is 97.4 Å². The fraction of sp³-hybridized carbons (Fsp3) is 0.500. The van der Waals surface area contributed by atoms with E-state index in [-0.39, 0.29) is 21.7 Å². The molecule has 0 amide bonds. The Bertz CT molecular complexity index is 1060. The summed E-state index contributed by atoms with van der Waals surface area (Å²) < 4.78 is 0. The standard InChI is InChI=1S/C36H50/c1-12-15-31(32(28-22-18-26(2)19-23-28)29-24-20-27(3)21-25-29)36(11,30-16-13-14-17-30)35(9,10)34(7,8)33(4,5)6/h13-14,16-25,30H,12,15H2,1-11H3. The highest BCUT2D eigenvalue weighted by Gasteiger charge is 2.58. The minimum absolute atomic E-state index is 0.00686. The highest BCUT2D eigenvalue weighted by Crippen LogP contribution is 2.66. The molecule has 0 heterocycles. The fourth-order valence-corrected chi connectivity index (χ4v) is 6.25. The zero-order valence-corrected chi connectivity index (χ0v) is 24.9. The van der Waals surface area contributed by atoms with Gasteiger partial charge in [-0.2, -0.15) is 0 Å². The fourth-order valence-electron chi connectivity index (χ4n) is 6.25. The van der Waals surface area contributed by atoms with Gasteiger partial charge >= 0.3 is 0 Å². The smallest absolute Gasteiger partial charge is 0.00496 e. The molecule has 0 heteroatoms. The first-order valence-electron chi connectivity index (χ1n) is 13.9. The van der Waals surface area contributed by atoms with Crippen molar-refractivity contribution in [1.29, 1.82) is 0 Å². The molecule has 0 radical (unpaired) electrons. The summed E-state index contributed by atoms with van der Waals surface area (Å²) in [5.41, 5.74) is 8.39. The summed E-state index contributed by atoms with van der Waals surface area (Å²) in [5, 5.41) is 0. The summed E-state index contributed by atoms with van der Waals surface area (Å²) in [7, 11) is 0. The molecule has 0 bridgehead atoms. The van der Waals surface area contributed by atoms with Crippen LogP contribution in [0.5, 0.6) is 0 Å². The second-order valence-electron chi connectivity index (χ2n) is 13.3. The summed E-state index contributed by atoms with van der Waals surface area (Å²) in [6.07, 6.45) is 11.6. The molecule has 1 unspecified atom stereocenters. The zero-order valence-electron chi connectivity index (χ0n) is 24.9. The minimum Gasteiger partial charge on any atom is -0.0767 e. The second-order valence-corrected chi connectivity index (χ2v) is 13.3. The number of hydrogen-bond acceptors (Lipinski definition) is 0. The predicted molar refractivity (Wildman–Crippen MR) is 160 cm³/mol. The molecule has 0 saturated heterocycles. The van der Waals surface area contributed by atoms with E-state index < -0.39 is 0 Å². The van der Waals surface area contributed by atoms with Gasteiger partial charge in [0.1, 0.15) is 0 Å². The lowest BCUT2D eigenvalue weighted by molar-refractivity contribution is -0.0892. The van der Waals surface area contributed by atoms with E-state index in [1.807, 2.05) is 0 Å². The van der Waals surface area contributed by atoms with E-state index in [4.69, 9.17) is 0 Å². The van der Waals surface area contributed by atoms with Crippen LogP contribution in [0.15, 0.2) is 78.4 Å². The van der Waals surface area contributed by atoms with Crippen LogP contribution in [-0.4, -0.2) is 0 Å². The van der Waals surface area contributed by atoms with Crippen LogP contribution in [0.25, 0.3) is 5.57 Å². The van der Waals surface area contributed by atoms with Gasteiger partial charge < -0.3 is 0 Å². The summed E-state index contributed by atoms with van der Waals surface area (Å²) in [6.45, 7) is 26.6. The van der Waals surface area contributed by atoms with Gasteiger partial charge in [0.25, 0.3) is 0 Å².